The lowest BCUT2D eigenvalue weighted by Gasteiger charge is -2.09. The molecule has 1 aromatic carbocycles. The number of nitrogens with zero attached hydrogens (tertiary/aromatic N) is 2. The third kappa shape index (κ3) is 1.94. The Morgan fingerprint density at radius 2 is 2.07 bits per heavy atom. The quantitative estimate of drug-likeness (QED) is 0.797. The van der Waals surface area contributed by atoms with E-state index in [1.165, 1.54) is 23.3 Å². The Labute approximate surface area is 86.8 Å². The first-order chi connectivity index (χ1) is 7.29. The van der Waals surface area contributed by atoms with Gasteiger partial charge in [-0.1, -0.05) is 30.3 Å². The zero-order chi connectivity index (χ0) is 10.7. The molecule has 0 saturated heterocycles. The number of benzene rings is 1. The molecule has 0 fully saturated rings. The summed E-state index contributed by atoms with van der Waals surface area (Å²) in [5.74, 6) is -0.404. The van der Waals surface area contributed by atoms with Gasteiger partial charge in [-0.15, -0.1) is 0 Å². The summed E-state index contributed by atoms with van der Waals surface area (Å²) in [6.07, 6.45) is 3.24. The second-order valence-corrected chi connectivity index (χ2v) is 3.12. The number of aliphatic hydroxyl groups excluding tert-OH is 1. The summed E-state index contributed by atoms with van der Waals surface area (Å²) in [5, 5.41) is 9.76. The predicted molar refractivity (Wildman–Crippen MR) is 54.3 cm³/mol. The van der Waals surface area contributed by atoms with Crippen LogP contribution in [0.1, 0.15) is 16.5 Å². The van der Waals surface area contributed by atoms with Gasteiger partial charge in [-0.25, -0.2) is 4.98 Å². The molecule has 0 saturated carbocycles. The molecule has 0 aliphatic rings. The zero-order valence-corrected chi connectivity index (χ0v) is 7.95. The van der Waals surface area contributed by atoms with Gasteiger partial charge in [-0.05, 0) is 5.56 Å². The molecule has 1 heterocycles. The van der Waals surface area contributed by atoms with Gasteiger partial charge in [0, 0.05) is 12.4 Å². The van der Waals surface area contributed by atoms with E-state index in [2.05, 4.69) is 4.98 Å². The predicted octanol–water partition coefficient (Wildman–Crippen LogP) is 1.26. The highest BCUT2D eigenvalue weighted by atomic mass is 16.3. The van der Waals surface area contributed by atoms with Crippen LogP contribution in [-0.2, 0) is 0 Å². The second-order valence-electron chi connectivity index (χ2n) is 3.12. The van der Waals surface area contributed by atoms with E-state index in [1.807, 2.05) is 6.07 Å². The summed E-state index contributed by atoms with van der Waals surface area (Å²) >= 11 is 0. The van der Waals surface area contributed by atoms with Crippen molar-refractivity contribution in [2.45, 2.75) is 6.10 Å². The van der Waals surface area contributed by atoms with Crippen molar-refractivity contribution in [2.24, 2.45) is 0 Å². The molecule has 0 spiro atoms. The Morgan fingerprint density at radius 1 is 1.33 bits per heavy atom. The molecule has 0 radical (unpaired) electrons. The fourth-order valence-electron chi connectivity index (χ4n) is 1.31. The Balaban J connectivity index is 2.23. The SMILES string of the molecule is O=C(C(O)c1ccccc1)n1ccnc1. The maximum atomic E-state index is 11.7. The smallest absolute Gasteiger partial charge is 0.265 e. The molecule has 2 rings (SSSR count). The highest BCUT2D eigenvalue weighted by molar-refractivity contribution is 5.84. The van der Waals surface area contributed by atoms with E-state index in [0.717, 1.165) is 0 Å². The molecular weight excluding hydrogens is 192 g/mol. The van der Waals surface area contributed by atoms with Crippen LogP contribution in [0.5, 0.6) is 0 Å². The number of aliphatic hydroxyl groups is 1. The average molecular weight is 202 g/mol. The highest BCUT2D eigenvalue weighted by Gasteiger charge is 2.17. The van der Waals surface area contributed by atoms with E-state index < -0.39 is 12.0 Å². The number of hydrogen-bond donors (Lipinski definition) is 1. The first-order valence-corrected chi connectivity index (χ1v) is 4.54. The van der Waals surface area contributed by atoms with Gasteiger partial charge in [0.15, 0.2) is 6.10 Å². The summed E-state index contributed by atoms with van der Waals surface area (Å²) in [5.41, 5.74) is 0.580. The van der Waals surface area contributed by atoms with Crippen molar-refractivity contribution in [3.63, 3.8) is 0 Å². The number of aromatic nitrogens is 2. The van der Waals surface area contributed by atoms with Crippen LogP contribution in [0, 0.1) is 0 Å². The van der Waals surface area contributed by atoms with Crippen LogP contribution in [0.25, 0.3) is 0 Å². The third-order valence-corrected chi connectivity index (χ3v) is 2.11. The van der Waals surface area contributed by atoms with Crippen molar-refractivity contribution < 1.29 is 9.90 Å². The number of imidazole rings is 1. The molecule has 2 aromatic rings. The number of carbonyl (C=O) groups is 1. The highest BCUT2D eigenvalue weighted by Crippen LogP contribution is 2.13. The lowest BCUT2D eigenvalue weighted by molar-refractivity contribution is 0.0654. The van der Waals surface area contributed by atoms with Crippen LogP contribution < -0.4 is 0 Å². The minimum absolute atomic E-state index is 0.404. The van der Waals surface area contributed by atoms with Crippen LogP contribution in [0.4, 0.5) is 0 Å². The minimum Gasteiger partial charge on any atom is -0.378 e. The van der Waals surface area contributed by atoms with Crippen molar-refractivity contribution in [3.8, 4) is 0 Å². The molecule has 15 heavy (non-hydrogen) atoms. The zero-order valence-electron chi connectivity index (χ0n) is 7.95. The van der Waals surface area contributed by atoms with Crippen molar-refractivity contribution in [2.75, 3.05) is 0 Å². The minimum atomic E-state index is -1.14. The first-order valence-electron chi connectivity index (χ1n) is 4.54. The van der Waals surface area contributed by atoms with Crippen LogP contribution in [-0.4, -0.2) is 20.6 Å². The maximum Gasteiger partial charge on any atom is 0.265 e. The molecule has 1 aromatic heterocycles. The molecular formula is C11H10N2O2. The Bertz CT molecular complexity index is 437. The monoisotopic (exact) mass is 202 g/mol. The lowest BCUT2D eigenvalue weighted by atomic mass is 10.1. The third-order valence-electron chi connectivity index (χ3n) is 2.11. The first kappa shape index (κ1) is 9.61. The Hall–Kier alpha value is -1.94. The van der Waals surface area contributed by atoms with E-state index in [9.17, 15) is 9.90 Å². The van der Waals surface area contributed by atoms with Gasteiger partial charge in [0.1, 0.15) is 6.33 Å². The number of hydrogen-bond acceptors (Lipinski definition) is 3. The molecule has 0 aliphatic heterocycles. The summed E-state index contributed by atoms with van der Waals surface area (Å²) in [6, 6.07) is 8.80. The molecule has 1 atom stereocenters. The molecule has 4 nitrogen and oxygen atoms in total. The molecule has 0 amide bonds. The molecule has 76 valence electrons. The second kappa shape index (κ2) is 4.06. The summed E-state index contributed by atoms with van der Waals surface area (Å²) in [4.78, 5) is 15.4. The number of rotatable bonds is 2. The molecule has 1 unspecified atom stereocenters. The van der Waals surface area contributed by atoms with E-state index in [0.29, 0.717) is 5.56 Å². The van der Waals surface area contributed by atoms with Crippen LogP contribution in [0.2, 0.25) is 0 Å². The van der Waals surface area contributed by atoms with Gasteiger partial charge in [-0.2, -0.15) is 0 Å². The van der Waals surface area contributed by atoms with E-state index in [-0.39, 0.29) is 0 Å². The lowest BCUT2D eigenvalue weighted by Crippen LogP contribution is -2.18. The summed E-state index contributed by atoms with van der Waals surface area (Å²) in [7, 11) is 0. The van der Waals surface area contributed by atoms with Crippen LogP contribution >= 0.6 is 0 Å². The molecule has 1 N–H and O–H groups in total. The van der Waals surface area contributed by atoms with E-state index in [4.69, 9.17) is 0 Å². The maximum absolute atomic E-state index is 11.7. The van der Waals surface area contributed by atoms with Gasteiger partial charge >= 0.3 is 0 Å². The fourth-order valence-corrected chi connectivity index (χ4v) is 1.31. The topological polar surface area (TPSA) is 55.1 Å². The van der Waals surface area contributed by atoms with Crippen molar-refractivity contribution >= 4 is 5.91 Å². The Kier molecular flexibility index (Phi) is 2.60. The summed E-state index contributed by atoms with van der Waals surface area (Å²) < 4.78 is 1.26. The standard InChI is InChI=1S/C11H10N2O2/c14-10(9-4-2-1-3-5-9)11(15)13-7-6-12-8-13/h1-8,10,14H. The van der Waals surface area contributed by atoms with Gasteiger partial charge in [0.2, 0.25) is 0 Å². The van der Waals surface area contributed by atoms with Crippen LogP contribution in [0.15, 0.2) is 49.1 Å². The van der Waals surface area contributed by atoms with Gasteiger partial charge < -0.3 is 5.11 Å². The van der Waals surface area contributed by atoms with Gasteiger partial charge in [-0.3, -0.25) is 9.36 Å². The van der Waals surface area contributed by atoms with E-state index >= 15 is 0 Å². The van der Waals surface area contributed by atoms with Crippen molar-refractivity contribution in [3.05, 3.63) is 54.6 Å². The summed E-state index contributed by atoms with van der Waals surface area (Å²) in [6.45, 7) is 0. The molecule has 0 bridgehead atoms. The largest absolute Gasteiger partial charge is 0.378 e. The number of carbonyl (C=O) groups excluding carboxylic acids is 1. The van der Waals surface area contributed by atoms with E-state index in [1.54, 1.807) is 24.3 Å². The molecule has 0 aliphatic carbocycles. The van der Waals surface area contributed by atoms with Crippen molar-refractivity contribution in [1.82, 2.24) is 9.55 Å². The van der Waals surface area contributed by atoms with Crippen LogP contribution in [0.3, 0.4) is 0 Å². The van der Waals surface area contributed by atoms with Gasteiger partial charge in [0.05, 0.1) is 0 Å². The average Bonchev–Trinajstić information content (AvgIpc) is 2.82. The van der Waals surface area contributed by atoms with Gasteiger partial charge in [0.25, 0.3) is 5.91 Å². The normalized spacial score (nSPS) is 12.3. The Morgan fingerprint density at radius 3 is 2.67 bits per heavy atom. The fraction of sp³-hybridized carbons (Fsp3) is 0.0909. The molecule has 4 heteroatoms. The van der Waals surface area contributed by atoms with Crippen molar-refractivity contribution in [1.29, 1.82) is 0 Å².